The van der Waals surface area contributed by atoms with Crippen LogP contribution in [0.25, 0.3) is 0 Å². The molecule has 0 unspecified atom stereocenters. The largest absolute Gasteiger partial charge is 0.543 e. The third-order valence-electron chi connectivity index (χ3n) is 5.08. The Balaban J connectivity index is 1.58. The van der Waals surface area contributed by atoms with Gasteiger partial charge in [0.2, 0.25) is 5.91 Å². The highest BCUT2D eigenvalue weighted by atomic mass is 32.2. The number of aliphatic hydroxyl groups excluding tert-OH is 1. The van der Waals surface area contributed by atoms with Crippen molar-refractivity contribution in [3.05, 3.63) is 10.6 Å². The van der Waals surface area contributed by atoms with E-state index in [0.717, 1.165) is 38.6 Å². The molecule has 8 heteroatoms. The Labute approximate surface area is 145 Å². The van der Waals surface area contributed by atoms with E-state index in [9.17, 15) is 19.8 Å². The summed E-state index contributed by atoms with van der Waals surface area (Å²) in [7, 11) is 2.03. The van der Waals surface area contributed by atoms with Crippen molar-refractivity contribution in [3.63, 3.8) is 0 Å². The maximum atomic E-state index is 12.1. The van der Waals surface area contributed by atoms with Crippen LogP contribution < -0.4 is 5.11 Å². The zero-order valence-electron chi connectivity index (χ0n) is 14.1. The zero-order chi connectivity index (χ0) is 17.4. The Kier molecular flexibility index (Phi) is 5.19. The second-order valence-electron chi connectivity index (χ2n) is 6.69. The summed E-state index contributed by atoms with van der Waals surface area (Å²) in [6, 6.07) is -0.229. The van der Waals surface area contributed by atoms with Crippen molar-refractivity contribution in [2.75, 3.05) is 45.7 Å². The summed E-state index contributed by atoms with van der Waals surface area (Å²) in [5.41, 5.74) is 0.0147. The first-order valence-corrected chi connectivity index (χ1v) is 9.28. The van der Waals surface area contributed by atoms with Gasteiger partial charge in [-0.1, -0.05) is 0 Å². The Morgan fingerprint density at radius 2 is 2.12 bits per heavy atom. The number of β-lactam (4-membered cyclic amide) rings is 1. The van der Waals surface area contributed by atoms with Gasteiger partial charge in [0.25, 0.3) is 0 Å². The smallest absolute Gasteiger partial charge is 0.235 e. The van der Waals surface area contributed by atoms with Crippen LogP contribution in [0.15, 0.2) is 10.6 Å². The lowest BCUT2D eigenvalue weighted by Gasteiger charge is -2.45. The molecule has 0 aromatic rings. The average Bonchev–Trinajstić information content (AvgIpc) is 2.83. The molecule has 0 aliphatic carbocycles. The van der Waals surface area contributed by atoms with Crippen LogP contribution in [-0.4, -0.2) is 84.6 Å². The molecule has 3 aliphatic heterocycles. The first kappa shape index (κ1) is 17.7. The molecular formula is C16H24N2O5S. The number of hydrogen-bond acceptors (Lipinski definition) is 6. The maximum Gasteiger partial charge on any atom is 0.235 e. The van der Waals surface area contributed by atoms with Gasteiger partial charge in [-0.05, 0) is 6.92 Å². The summed E-state index contributed by atoms with van der Waals surface area (Å²) < 4.78 is 3.05. The highest BCUT2D eigenvalue weighted by Gasteiger charge is 2.55. The molecule has 1 N–H and O–H groups in total. The number of nitrogens with zero attached hydrogens (tertiary/aromatic N) is 2. The molecule has 3 aliphatic rings. The van der Waals surface area contributed by atoms with Crippen LogP contribution in [0.3, 0.4) is 0 Å². The number of aliphatic carboxylic acids is 1. The summed E-state index contributed by atoms with van der Waals surface area (Å²) in [5.74, 6) is -1.31. The van der Waals surface area contributed by atoms with E-state index >= 15 is 0 Å². The SMILES string of the molecule is C[C@@H](O)[C@H]1C(=O)N2C(C(=O)[O-])=C(SCCN3CC[O+](C)CC3)C[C@H]12. The predicted molar refractivity (Wildman–Crippen MR) is 88.1 cm³/mol. The van der Waals surface area contributed by atoms with E-state index in [1.807, 2.05) is 7.11 Å². The molecule has 3 heterocycles. The first-order chi connectivity index (χ1) is 11.4. The quantitative estimate of drug-likeness (QED) is 0.475. The minimum atomic E-state index is -1.30. The normalized spacial score (nSPS) is 29.6. The molecule has 2 fully saturated rings. The molecule has 0 aromatic heterocycles. The number of rotatable bonds is 6. The molecule has 7 nitrogen and oxygen atoms in total. The van der Waals surface area contributed by atoms with Gasteiger partial charge >= 0.3 is 0 Å². The highest BCUT2D eigenvalue weighted by molar-refractivity contribution is 8.03. The lowest BCUT2D eigenvalue weighted by atomic mass is 9.83. The summed E-state index contributed by atoms with van der Waals surface area (Å²) in [6.45, 7) is 6.39. The molecule has 0 radical (unpaired) electrons. The van der Waals surface area contributed by atoms with Crippen molar-refractivity contribution in [3.8, 4) is 0 Å². The second-order valence-corrected chi connectivity index (χ2v) is 7.87. The van der Waals surface area contributed by atoms with Crippen LogP contribution in [-0.2, 0) is 14.0 Å². The zero-order valence-corrected chi connectivity index (χ0v) is 14.9. The van der Waals surface area contributed by atoms with Gasteiger partial charge in [-0.2, -0.15) is 0 Å². The molecule has 0 bridgehead atoms. The van der Waals surface area contributed by atoms with Crippen LogP contribution in [0.2, 0.25) is 0 Å². The fourth-order valence-electron chi connectivity index (χ4n) is 3.65. The second kappa shape index (κ2) is 7.03. The molecule has 0 aromatic carbocycles. The molecule has 3 atom stereocenters. The fourth-order valence-corrected chi connectivity index (χ4v) is 4.86. The number of carboxylic acids is 1. The van der Waals surface area contributed by atoms with E-state index in [1.165, 1.54) is 16.7 Å². The minimum Gasteiger partial charge on any atom is -0.543 e. The molecule has 1 amide bonds. The lowest BCUT2D eigenvalue weighted by molar-refractivity contribution is -0.301. The van der Waals surface area contributed by atoms with Gasteiger partial charge < -0.3 is 24.3 Å². The van der Waals surface area contributed by atoms with Crippen LogP contribution in [0.5, 0.6) is 0 Å². The number of hydrogen-bond donors (Lipinski definition) is 1. The van der Waals surface area contributed by atoms with Gasteiger partial charge in [-0.25, -0.2) is 0 Å². The van der Waals surface area contributed by atoms with Crippen molar-refractivity contribution in [2.24, 2.45) is 5.92 Å². The molecule has 3 rings (SSSR count). The third kappa shape index (κ3) is 3.20. The van der Waals surface area contributed by atoms with Crippen molar-refractivity contribution >= 4 is 23.6 Å². The number of amides is 1. The van der Waals surface area contributed by atoms with Gasteiger partial charge in [0, 0.05) is 23.6 Å². The van der Waals surface area contributed by atoms with E-state index in [-0.39, 0.29) is 17.6 Å². The Morgan fingerprint density at radius 3 is 2.71 bits per heavy atom. The van der Waals surface area contributed by atoms with Gasteiger partial charge in [0.15, 0.2) is 13.2 Å². The van der Waals surface area contributed by atoms with E-state index < -0.39 is 18.0 Å². The molecule has 0 spiro atoms. The molecular weight excluding hydrogens is 332 g/mol. The van der Waals surface area contributed by atoms with Crippen LogP contribution in [0.1, 0.15) is 13.3 Å². The number of thioether (sulfide) groups is 1. The van der Waals surface area contributed by atoms with Gasteiger partial charge in [0.05, 0.1) is 42.8 Å². The lowest BCUT2D eigenvalue weighted by Crippen LogP contribution is -2.62. The third-order valence-corrected chi connectivity index (χ3v) is 6.17. The number of carbonyl (C=O) groups excluding carboxylic acids is 2. The number of carboxylic acid groups (broad SMARTS) is 1. The monoisotopic (exact) mass is 356 g/mol. The number of aliphatic hydroxyl groups is 1. The van der Waals surface area contributed by atoms with Crippen LogP contribution >= 0.6 is 11.8 Å². The van der Waals surface area contributed by atoms with Gasteiger partial charge in [-0.15, -0.1) is 11.8 Å². The highest BCUT2D eigenvalue weighted by Crippen LogP contribution is 2.46. The van der Waals surface area contributed by atoms with Crippen molar-refractivity contribution < 1.29 is 24.2 Å². The molecule has 24 heavy (non-hydrogen) atoms. The first-order valence-electron chi connectivity index (χ1n) is 8.30. The van der Waals surface area contributed by atoms with Crippen molar-refractivity contribution in [1.29, 1.82) is 0 Å². The molecule has 0 saturated carbocycles. The van der Waals surface area contributed by atoms with Crippen molar-refractivity contribution in [1.82, 2.24) is 9.80 Å². The number of morpholine rings is 1. The summed E-state index contributed by atoms with van der Waals surface area (Å²) in [4.78, 5) is 28.0. The molecule has 134 valence electrons. The maximum absolute atomic E-state index is 12.1. The number of carbonyl (C=O) groups is 2. The molecule has 2 saturated heterocycles. The minimum absolute atomic E-state index is 0.0147. The van der Waals surface area contributed by atoms with E-state index in [4.69, 9.17) is 0 Å². The van der Waals surface area contributed by atoms with E-state index in [2.05, 4.69) is 9.27 Å². The van der Waals surface area contributed by atoms with E-state index in [0.29, 0.717) is 11.3 Å². The Hall–Kier alpha value is -1.09. The van der Waals surface area contributed by atoms with Gasteiger partial charge in [-0.3, -0.25) is 9.69 Å². The summed E-state index contributed by atoms with van der Waals surface area (Å²) in [5, 5.41) is 21.2. The van der Waals surface area contributed by atoms with Crippen LogP contribution in [0, 0.1) is 5.92 Å². The number of fused-ring (bicyclic) bond motifs is 1. The standard InChI is InChI=1S/C16H24N2O5S/c1-10(19)13-11-9-12(14(16(21)22)18(11)15(13)20)24-8-5-17-3-6-23(2)7-4-17/h10-11,13,19H,3-9H2,1-2H3/t10-,11-,13-/m1/s1. The predicted octanol–water partition coefficient (Wildman–Crippen LogP) is -1.21. The average molecular weight is 356 g/mol. The summed E-state index contributed by atoms with van der Waals surface area (Å²) in [6.07, 6.45) is -0.248. The Bertz CT molecular complexity index is 557. The van der Waals surface area contributed by atoms with Crippen LogP contribution in [0.4, 0.5) is 0 Å². The van der Waals surface area contributed by atoms with E-state index in [1.54, 1.807) is 6.92 Å². The van der Waals surface area contributed by atoms with Gasteiger partial charge in [0.1, 0.15) is 7.11 Å². The summed E-state index contributed by atoms with van der Waals surface area (Å²) >= 11 is 1.50. The Morgan fingerprint density at radius 1 is 1.46 bits per heavy atom. The fraction of sp³-hybridized carbons (Fsp3) is 0.750. The topological polar surface area (TPSA) is 86.6 Å². The van der Waals surface area contributed by atoms with Crippen molar-refractivity contribution in [2.45, 2.75) is 25.5 Å².